The van der Waals surface area contributed by atoms with Crippen LogP contribution in [0.3, 0.4) is 0 Å². The third kappa shape index (κ3) is 3.86. The van der Waals surface area contributed by atoms with E-state index >= 15 is 0 Å². The van der Waals surface area contributed by atoms with Crippen molar-refractivity contribution in [3.05, 3.63) is 81.7 Å². The highest BCUT2D eigenvalue weighted by molar-refractivity contribution is 5.96. The van der Waals surface area contributed by atoms with E-state index in [0.717, 1.165) is 5.56 Å². The van der Waals surface area contributed by atoms with E-state index in [4.69, 9.17) is 9.15 Å². The normalized spacial score (nSPS) is 10.3. The summed E-state index contributed by atoms with van der Waals surface area (Å²) in [6.07, 6.45) is 2.00. The van der Waals surface area contributed by atoms with Crippen molar-refractivity contribution in [1.82, 2.24) is 4.98 Å². The van der Waals surface area contributed by atoms with E-state index in [0.29, 0.717) is 23.4 Å². The number of nitrogens with zero attached hydrogens (tertiary/aromatic N) is 2. The number of hydrogen-bond donors (Lipinski definition) is 1. The monoisotopic (exact) mass is 353 g/mol. The van der Waals surface area contributed by atoms with Gasteiger partial charge in [0, 0.05) is 18.6 Å². The van der Waals surface area contributed by atoms with Gasteiger partial charge in [-0.1, -0.05) is 24.3 Å². The van der Waals surface area contributed by atoms with Gasteiger partial charge < -0.3 is 14.5 Å². The van der Waals surface area contributed by atoms with Crippen LogP contribution in [0, 0.1) is 10.1 Å². The number of aromatic nitrogens is 1. The Morgan fingerprint density at radius 1 is 1.23 bits per heavy atom. The van der Waals surface area contributed by atoms with Crippen LogP contribution in [0.15, 0.2) is 59.1 Å². The van der Waals surface area contributed by atoms with E-state index in [1.165, 1.54) is 19.2 Å². The summed E-state index contributed by atoms with van der Waals surface area (Å²) in [5, 5.41) is 13.6. The molecule has 3 aromatic rings. The van der Waals surface area contributed by atoms with Gasteiger partial charge in [-0.3, -0.25) is 10.1 Å². The first kappa shape index (κ1) is 17.2. The molecule has 1 N–H and O–H groups in total. The average Bonchev–Trinajstić information content (AvgIpc) is 3.09. The minimum atomic E-state index is -0.467. The van der Waals surface area contributed by atoms with Crippen LogP contribution in [-0.2, 0) is 11.2 Å². The standard InChI is InChI=1S/C18H15N3O5/c1-25-17(22)15-4-2-3-5-16(15)20-18-19-11-14(26-18)10-12-6-8-13(9-7-12)21(23)24/h2-9,11H,10H2,1H3,(H,19,20). The van der Waals surface area contributed by atoms with Gasteiger partial charge in [-0.2, -0.15) is 0 Å². The second kappa shape index (κ2) is 7.47. The molecule has 0 spiro atoms. The summed E-state index contributed by atoms with van der Waals surface area (Å²) in [7, 11) is 1.31. The highest BCUT2D eigenvalue weighted by Crippen LogP contribution is 2.23. The van der Waals surface area contributed by atoms with Crippen molar-refractivity contribution in [2.45, 2.75) is 6.42 Å². The zero-order valence-electron chi connectivity index (χ0n) is 13.8. The number of hydrogen-bond acceptors (Lipinski definition) is 7. The zero-order chi connectivity index (χ0) is 18.5. The molecule has 0 fully saturated rings. The van der Waals surface area contributed by atoms with Gasteiger partial charge in [0.25, 0.3) is 11.7 Å². The smallest absolute Gasteiger partial charge is 0.339 e. The van der Waals surface area contributed by atoms with Crippen LogP contribution in [0.5, 0.6) is 0 Å². The van der Waals surface area contributed by atoms with Crippen LogP contribution < -0.4 is 5.32 Å². The topological polar surface area (TPSA) is 108 Å². The van der Waals surface area contributed by atoms with Crippen molar-refractivity contribution in [2.75, 3.05) is 12.4 Å². The largest absolute Gasteiger partial charge is 0.465 e. The van der Waals surface area contributed by atoms with Crippen molar-refractivity contribution in [3.8, 4) is 0 Å². The second-order valence-corrected chi connectivity index (χ2v) is 5.39. The predicted octanol–water partition coefficient (Wildman–Crippen LogP) is 3.70. The lowest BCUT2D eigenvalue weighted by atomic mass is 10.1. The number of non-ortho nitro benzene ring substituents is 1. The number of anilines is 2. The number of carbonyl (C=O) groups is 1. The summed E-state index contributed by atoms with van der Waals surface area (Å²) >= 11 is 0. The van der Waals surface area contributed by atoms with Gasteiger partial charge in [-0.05, 0) is 17.7 Å². The molecule has 0 atom stereocenters. The molecule has 2 aromatic carbocycles. The van der Waals surface area contributed by atoms with Crippen LogP contribution >= 0.6 is 0 Å². The van der Waals surface area contributed by atoms with Crippen molar-refractivity contribution in [2.24, 2.45) is 0 Å². The summed E-state index contributed by atoms with van der Waals surface area (Å²) in [4.78, 5) is 26.2. The summed E-state index contributed by atoms with van der Waals surface area (Å²) in [6.45, 7) is 0. The van der Waals surface area contributed by atoms with E-state index in [1.807, 2.05) is 0 Å². The lowest BCUT2D eigenvalue weighted by Gasteiger charge is -2.07. The van der Waals surface area contributed by atoms with E-state index < -0.39 is 10.9 Å². The highest BCUT2D eigenvalue weighted by atomic mass is 16.6. The fourth-order valence-electron chi connectivity index (χ4n) is 2.38. The zero-order valence-corrected chi connectivity index (χ0v) is 13.8. The van der Waals surface area contributed by atoms with Gasteiger partial charge in [0.1, 0.15) is 5.76 Å². The quantitative estimate of drug-likeness (QED) is 0.409. The van der Waals surface area contributed by atoms with Gasteiger partial charge in [-0.25, -0.2) is 9.78 Å². The molecule has 8 nitrogen and oxygen atoms in total. The molecule has 0 unspecified atom stereocenters. The summed E-state index contributed by atoms with van der Waals surface area (Å²) in [6, 6.07) is 13.3. The Morgan fingerprint density at radius 2 is 1.96 bits per heavy atom. The third-order valence-electron chi connectivity index (χ3n) is 3.65. The molecule has 132 valence electrons. The van der Waals surface area contributed by atoms with E-state index in [2.05, 4.69) is 10.3 Å². The Hall–Kier alpha value is -3.68. The highest BCUT2D eigenvalue weighted by Gasteiger charge is 2.13. The fraction of sp³-hybridized carbons (Fsp3) is 0.111. The summed E-state index contributed by atoms with van der Waals surface area (Å²) in [5.74, 6) is 0.114. The lowest BCUT2D eigenvalue weighted by Crippen LogP contribution is -2.05. The Balaban J connectivity index is 1.72. The number of oxazole rings is 1. The van der Waals surface area contributed by atoms with Gasteiger partial charge >= 0.3 is 5.97 Å². The predicted molar refractivity (Wildman–Crippen MR) is 93.5 cm³/mol. The maximum atomic E-state index is 11.8. The van der Waals surface area contributed by atoms with E-state index in [1.54, 1.807) is 42.6 Å². The number of methoxy groups -OCH3 is 1. The Bertz CT molecular complexity index is 934. The van der Waals surface area contributed by atoms with Gasteiger partial charge in [-0.15, -0.1) is 0 Å². The van der Waals surface area contributed by atoms with Crippen LogP contribution in [0.1, 0.15) is 21.7 Å². The molecular formula is C18H15N3O5. The molecule has 0 amide bonds. The summed E-state index contributed by atoms with van der Waals surface area (Å²) in [5.41, 5.74) is 1.77. The molecule has 8 heteroatoms. The molecule has 0 saturated carbocycles. The van der Waals surface area contributed by atoms with Crippen molar-refractivity contribution in [3.63, 3.8) is 0 Å². The number of nitro benzene ring substituents is 1. The molecule has 0 aliphatic heterocycles. The molecule has 1 heterocycles. The van der Waals surface area contributed by atoms with Gasteiger partial charge in [0.15, 0.2) is 0 Å². The first-order valence-electron chi connectivity index (χ1n) is 7.69. The molecule has 1 aromatic heterocycles. The van der Waals surface area contributed by atoms with Crippen LogP contribution in [0.25, 0.3) is 0 Å². The number of ether oxygens (including phenoxy) is 1. The maximum Gasteiger partial charge on any atom is 0.339 e. The maximum absolute atomic E-state index is 11.8. The number of nitrogens with one attached hydrogen (secondary N) is 1. The number of benzene rings is 2. The lowest BCUT2D eigenvalue weighted by molar-refractivity contribution is -0.384. The SMILES string of the molecule is COC(=O)c1ccccc1Nc1ncc(Cc2ccc([N+](=O)[O-])cc2)o1. The number of para-hydroxylation sites is 1. The average molecular weight is 353 g/mol. The third-order valence-corrected chi connectivity index (χ3v) is 3.65. The van der Waals surface area contributed by atoms with Gasteiger partial charge in [0.05, 0.1) is 29.5 Å². The molecule has 3 rings (SSSR count). The minimum Gasteiger partial charge on any atom is -0.465 e. The van der Waals surface area contributed by atoms with Crippen molar-refractivity contribution >= 4 is 23.4 Å². The first-order chi connectivity index (χ1) is 12.6. The second-order valence-electron chi connectivity index (χ2n) is 5.39. The Kier molecular flexibility index (Phi) is 4.93. The molecular weight excluding hydrogens is 338 g/mol. The molecule has 0 bridgehead atoms. The first-order valence-corrected chi connectivity index (χ1v) is 7.69. The van der Waals surface area contributed by atoms with Crippen LogP contribution in [0.4, 0.5) is 17.4 Å². The Morgan fingerprint density at radius 3 is 2.65 bits per heavy atom. The van der Waals surface area contributed by atoms with Crippen LogP contribution in [0.2, 0.25) is 0 Å². The number of esters is 1. The summed E-state index contributed by atoms with van der Waals surface area (Å²) < 4.78 is 10.4. The van der Waals surface area contributed by atoms with Crippen LogP contribution in [-0.4, -0.2) is 23.0 Å². The minimum absolute atomic E-state index is 0.0353. The van der Waals surface area contributed by atoms with Crippen molar-refractivity contribution in [1.29, 1.82) is 0 Å². The molecule has 0 saturated heterocycles. The van der Waals surface area contributed by atoms with E-state index in [-0.39, 0.29) is 11.7 Å². The van der Waals surface area contributed by atoms with Crippen molar-refractivity contribution < 1.29 is 18.9 Å². The number of nitro groups is 1. The molecule has 0 radical (unpaired) electrons. The number of rotatable bonds is 6. The Labute approximate surface area is 148 Å². The molecule has 26 heavy (non-hydrogen) atoms. The van der Waals surface area contributed by atoms with E-state index in [9.17, 15) is 14.9 Å². The molecule has 0 aliphatic carbocycles. The molecule has 0 aliphatic rings. The fourth-order valence-corrected chi connectivity index (χ4v) is 2.38. The van der Waals surface area contributed by atoms with Gasteiger partial charge in [0.2, 0.25) is 0 Å². The number of carbonyl (C=O) groups excluding carboxylic acids is 1.